The van der Waals surface area contributed by atoms with Crippen molar-refractivity contribution in [2.75, 3.05) is 32.8 Å². The highest BCUT2D eigenvalue weighted by Gasteiger charge is 2.33. The van der Waals surface area contributed by atoms with E-state index in [2.05, 4.69) is 22.3 Å². The maximum Gasteiger partial charge on any atom is 0.248 e. The number of nitrogens with one attached hydrogen (secondary N) is 1. The summed E-state index contributed by atoms with van der Waals surface area (Å²) < 4.78 is 0. The Morgan fingerprint density at radius 3 is 2.80 bits per heavy atom. The fourth-order valence-electron chi connectivity index (χ4n) is 3.44. The third-order valence-corrected chi connectivity index (χ3v) is 4.84. The maximum absolute atomic E-state index is 12.4. The van der Waals surface area contributed by atoms with E-state index >= 15 is 0 Å². The SMILES string of the molecule is O=C1NCCN(CCCc2ccccc2)[C@H]1CC(=O)N1CCCCO1. The summed E-state index contributed by atoms with van der Waals surface area (Å²) in [7, 11) is 0. The van der Waals surface area contributed by atoms with Crippen LogP contribution in [0.5, 0.6) is 0 Å². The van der Waals surface area contributed by atoms with Crippen LogP contribution in [0.25, 0.3) is 0 Å². The molecule has 2 aliphatic rings. The standard InChI is InChI=1S/C19H27N3O3/c23-18(22-12-4-5-14-25-22)15-17-19(24)20-10-13-21(17)11-6-9-16-7-2-1-3-8-16/h1-3,7-8,17H,4-6,9-15H2,(H,20,24)/t17-/m0/s1. The molecular formula is C19H27N3O3. The van der Waals surface area contributed by atoms with Crippen molar-refractivity contribution in [3.05, 3.63) is 35.9 Å². The highest BCUT2D eigenvalue weighted by Crippen LogP contribution is 2.15. The minimum absolute atomic E-state index is 0.0451. The van der Waals surface area contributed by atoms with Crippen LogP contribution in [-0.4, -0.2) is 60.6 Å². The number of nitrogens with zero attached hydrogens (tertiary/aromatic N) is 2. The lowest BCUT2D eigenvalue weighted by Gasteiger charge is -2.36. The molecule has 1 aromatic carbocycles. The number of rotatable bonds is 6. The lowest BCUT2D eigenvalue weighted by Crippen LogP contribution is -2.57. The maximum atomic E-state index is 12.4. The number of amides is 2. The summed E-state index contributed by atoms with van der Waals surface area (Å²) >= 11 is 0. The highest BCUT2D eigenvalue weighted by molar-refractivity contribution is 5.88. The molecule has 0 aromatic heterocycles. The average molecular weight is 345 g/mol. The number of hydrogen-bond donors (Lipinski definition) is 1. The van der Waals surface area contributed by atoms with Gasteiger partial charge in [-0.2, -0.15) is 0 Å². The molecule has 1 atom stereocenters. The average Bonchev–Trinajstić information content (AvgIpc) is 2.66. The van der Waals surface area contributed by atoms with Gasteiger partial charge in [-0.05, 0) is 37.8 Å². The van der Waals surface area contributed by atoms with Gasteiger partial charge in [-0.3, -0.25) is 19.3 Å². The van der Waals surface area contributed by atoms with E-state index in [0.29, 0.717) is 19.7 Å². The molecule has 2 heterocycles. The first kappa shape index (κ1) is 17.9. The monoisotopic (exact) mass is 345 g/mol. The van der Waals surface area contributed by atoms with Crippen molar-refractivity contribution in [1.29, 1.82) is 0 Å². The van der Waals surface area contributed by atoms with Gasteiger partial charge in [-0.1, -0.05) is 30.3 Å². The van der Waals surface area contributed by atoms with Crippen molar-refractivity contribution < 1.29 is 14.4 Å². The zero-order chi connectivity index (χ0) is 17.5. The van der Waals surface area contributed by atoms with Crippen LogP contribution < -0.4 is 5.32 Å². The zero-order valence-electron chi connectivity index (χ0n) is 14.7. The molecule has 1 aromatic rings. The Bertz CT molecular complexity index is 573. The summed E-state index contributed by atoms with van der Waals surface area (Å²) in [4.78, 5) is 32.3. The molecule has 0 unspecified atom stereocenters. The van der Waals surface area contributed by atoms with Crippen LogP contribution in [-0.2, 0) is 20.8 Å². The van der Waals surface area contributed by atoms with Crippen LogP contribution in [0.4, 0.5) is 0 Å². The molecule has 0 spiro atoms. The van der Waals surface area contributed by atoms with Crippen molar-refractivity contribution in [2.24, 2.45) is 0 Å². The first-order chi connectivity index (χ1) is 12.2. The predicted octanol–water partition coefficient (Wildman–Crippen LogP) is 1.36. The Morgan fingerprint density at radius 2 is 2.04 bits per heavy atom. The van der Waals surface area contributed by atoms with Crippen molar-refractivity contribution in [2.45, 2.75) is 38.1 Å². The van der Waals surface area contributed by atoms with Crippen LogP contribution >= 0.6 is 0 Å². The van der Waals surface area contributed by atoms with Crippen molar-refractivity contribution >= 4 is 11.8 Å². The molecule has 1 N–H and O–H groups in total. The summed E-state index contributed by atoms with van der Waals surface area (Å²) in [5.74, 6) is -0.133. The van der Waals surface area contributed by atoms with Gasteiger partial charge in [0.15, 0.2) is 0 Å². The molecule has 136 valence electrons. The van der Waals surface area contributed by atoms with Gasteiger partial charge in [0.1, 0.15) is 0 Å². The third kappa shape index (κ3) is 5.03. The van der Waals surface area contributed by atoms with Crippen molar-refractivity contribution in [3.63, 3.8) is 0 Å². The van der Waals surface area contributed by atoms with Gasteiger partial charge in [0.05, 0.1) is 19.1 Å². The number of carbonyl (C=O) groups excluding carboxylic acids is 2. The van der Waals surface area contributed by atoms with E-state index in [4.69, 9.17) is 4.84 Å². The van der Waals surface area contributed by atoms with Gasteiger partial charge in [0.2, 0.25) is 11.8 Å². The Balaban J connectivity index is 1.53. The Labute approximate surface area is 149 Å². The molecule has 0 aliphatic carbocycles. The first-order valence-electron chi connectivity index (χ1n) is 9.23. The van der Waals surface area contributed by atoms with Crippen LogP contribution in [0.15, 0.2) is 30.3 Å². The fraction of sp³-hybridized carbons (Fsp3) is 0.579. The normalized spacial score (nSPS) is 21.8. The summed E-state index contributed by atoms with van der Waals surface area (Å²) in [6.07, 6.45) is 4.09. The Hall–Kier alpha value is -1.92. The number of aryl methyl sites for hydroxylation is 1. The second-order valence-electron chi connectivity index (χ2n) is 6.67. The van der Waals surface area contributed by atoms with Gasteiger partial charge in [0, 0.05) is 19.6 Å². The number of benzene rings is 1. The molecule has 3 rings (SSSR count). The van der Waals surface area contributed by atoms with E-state index < -0.39 is 0 Å². The van der Waals surface area contributed by atoms with Crippen molar-refractivity contribution in [3.8, 4) is 0 Å². The molecule has 2 amide bonds. The van der Waals surface area contributed by atoms with Crippen LogP contribution in [0, 0.1) is 0 Å². The van der Waals surface area contributed by atoms with Gasteiger partial charge < -0.3 is 5.32 Å². The van der Waals surface area contributed by atoms with Gasteiger partial charge in [0.25, 0.3) is 0 Å². The number of hydrogen-bond acceptors (Lipinski definition) is 4. The summed E-state index contributed by atoms with van der Waals surface area (Å²) in [6, 6.07) is 9.97. The third-order valence-electron chi connectivity index (χ3n) is 4.84. The topological polar surface area (TPSA) is 61.9 Å². The van der Waals surface area contributed by atoms with E-state index in [1.165, 1.54) is 10.6 Å². The first-order valence-corrected chi connectivity index (χ1v) is 9.23. The lowest BCUT2D eigenvalue weighted by molar-refractivity contribution is -0.198. The molecule has 6 heteroatoms. The van der Waals surface area contributed by atoms with Crippen molar-refractivity contribution in [1.82, 2.24) is 15.3 Å². The second kappa shape index (κ2) is 8.97. The smallest absolute Gasteiger partial charge is 0.248 e. The van der Waals surface area contributed by atoms with E-state index in [1.807, 2.05) is 18.2 Å². The minimum atomic E-state index is -0.387. The largest absolute Gasteiger partial charge is 0.353 e. The fourth-order valence-corrected chi connectivity index (χ4v) is 3.44. The van der Waals surface area contributed by atoms with E-state index in [-0.39, 0.29) is 24.3 Å². The number of carbonyl (C=O) groups is 2. The molecular weight excluding hydrogens is 318 g/mol. The zero-order valence-corrected chi connectivity index (χ0v) is 14.7. The van der Waals surface area contributed by atoms with Gasteiger partial charge in [-0.15, -0.1) is 0 Å². The van der Waals surface area contributed by atoms with E-state index in [0.717, 1.165) is 38.8 Å². The quantitative estimate of drug-likeness (QED) is 0.846. The van der Waals surface area contributed by atoms with E-state index in [9.17, 15) is 9.59 Å². The summed E-state index contributed by atoms with van der Waals surface area (Å²) in [5.41, 5.74) is 1.30. The second-order valence-corrected chi connectivity index (χ2v) is 6.67. The summed E-state index contributed by atoms with van der Waals surface area (Å²) in [6.45, 7) is 3.47. The highest BCUT2D eigenvalue weighted by atomic mass is 16.7. The number of hydroxylamine groups is 2. The molecule has 0 radical (unpaired) electrons. The molecule has 0 bridgehead atoms. The molecule has 2 aliphatic heterocycles. The molecule has 25 heavy (non-hydrogen) atoms. The van der Waals surface area contributed by atoms with Gasteiger partial charge >= 0.3 is 0 Å². The Morgan fingerprint density at radius 1 is 1.20 bits per heavy atom. The molecule has 2 saturated heterocycles. The molecule has 2 fully saturated rings. The minimum Gasteiger partial charge on any atom is -0.353 e. The summed E-state index contributed by atoms with van der Waals surface area (Å²) in [5, 5.41) is 4.32. The van der Waals surface area contributed by atoms with Crippen LogP contribution in [0.2, 0.25) is 0 Å². The van der Waals surface area contributed by atoms with Gasteiger partial charge in [-0.25, -0.2) is 5.06 Å². The van der Waals surface area contributed by atoms with Crippen LogP contribution in [0.3, 0.4) is 0 Å². The number of piperazine rings is 1. The van der Waals surface area contributed by atoms with E-state index in [1.54, 1.807) is 0 Å². The predicted molar refractivity (Wildman–Crippen MR) is 94.6 cm³/mol. The molecule has 6 nitrogen and oxygen atoms in total. The Kier molecular flexibility index (Phi) is 6.42. The molecule has 0 saturated carbocycles. The lowest BCUT2D eigenvalue weighted by atomic mass is 10.1. The van der Waals surface area contributed by atoms with Crippen LogP contribution in [0.1, 0.15) is 31.2 Å².